The number of nitrogens with zero attached hydrogens (tertiary/aromatic N) is 1. The van der Waals surface area contributed by atoms with E-state index < -0.39 is 0 Å². The molecular weight excluding hydrogens is 422 g/mol. The van der Waals surface area contributed by atoms with Gasteiger partial charge in [0.2, 0.25) is 5.78 Å². The quantitative estimate of drug-likeness (QED) is 0.132. The number of ketones is 1. The highest BCUT2D eigenvalue weighted by atomic mass is 79.9. The highest BCUT2D eigenvalue weighted by Crippen LogP contribution is 2.19. The van der Waals surface area contributed by atoms with Crippen molar-refractivity contribution in [3.63, 3.8) is 0 Å². The zero-order valence-corrected chi connectivity index (χ0v) is 21.9. The fraction of sp³-hybridized carbons (Fsp3) is 0.885. The Morgan fingerprint density at radius 2 is 1.10 bits per heavy atom. The van der Waals surface area contributed by atoms with Crippen LogP contribution in [0.15, 0.2) is 12.7 Å². The minimum atomic E-state index is 0. The third-order valence-corrected chi connectivity index (χ3v) is 6.25. The predicted octanol–water partition coefficient (Wildman–Crippen LogP) is 4.86. The number of quaternary nitrogens is 1. The first-order valence-electron chi connectivity index (χ1n) is 12.5. The van der Waals surface area contributed by atoms with Crippen molar-refractivity contribution in [2.24, 2.45) is 0 Å². The minimum Gasteiger partial charge on any atom is -1.00 e. The van der Waals surface area contributed by atoms with Gasteiger partial charge in [0.15, 0.2) is 6.04 Å². The van der Waals surface area contributed by atoms with E-state index in [9.17, 15) is 4.79 Å². The molecule has 0 saturated heterocycles. The SMILES string of the molecule is C=CC(=O)C(CCCCCCCCCCCCCCCCC)[N+](C)(C)CCC.[Br-]. The van der Waals surface area contributed by atoms with Crippen molar-refractivity contribution in [3.05, 3.63) is 12.7 Å². The standard InChI is InChI=1S/C26H52NO.BrH/c1-6-9-10-11-12-13-14-15-16-17-18-19-20-21-22-23-25(26(28)8-3)27(4,5)24-7-2;/h8,25H,3,6-7,9-24H2,1-2,4-5H3;1H/q+1;/p-1. The van der Waals surface area contributed by atoms with Crippen molar-refractivity contribution in [2.45, 2.75) is 129 Å². The van der Waals surface area contributed by atoms with Crippen molar-refractivity contribution in [2.75, 3.05) is 20.6 Å². The molecular formula is C26H52BrNO. The lowest BCUT2D eigenvalue weighted by molar-refractivity contribution is -0.906. The monoisotopic (exact) mass is 473 g/mol. The molecule has 0 aliphatic carbocycles. The summed E-state index contributed by atoms with van der Waals surface area (Å²) in [7, 11) is 4.39. The molecule has 0 bridgehead atoms. The molecule has 0 rings (SSSR count). The van der Waals surface area contributed by atoms with Crippen LogP contribution in [0.3, 0.4) is 0 Å². The van der Waals surface area contributed by atoms with E-state index in [-0.39, 0.29) is 28.8 Å². The number of carbonyl (C=O) groups excluding carboxylic acids is 1. The van der Waals surface area contributed by atoms with Gasteiger partial charge < -0.3 is 21.5 Å². The van der Waals surface area contributed by atoms with Crippen LogP contribution in [0.4, 0.5) is 0 Å². The number of halogens is 1. The van der Waals surface area contributed by atoms with Gasteiger partial charge in [-0.05, 0) is 18.9 Å². The molecule has 0 aliphatic heterocycles. The third kappa shape index (κ3) is 17.2. The summed E-state index contributed by atoms with van der Waals surface area (Å²) >= 11 is 0. The molecule has 0 aromatic carbocycles. The smallest absolute Gasteiger partial charge is 0.212 e. The molecule has 0 aromatic heterocycles. The van der Waals surface area contributed by atoms with Gasteiger partial charge in [-0.3, -0.25) is 4.79 Å². The maximum Gasteiger partial charge on any atom is 0.212 e. The number of likely N-dealkylation sites (N-methyl/N-ethyl adjacent to an activating group) is 1. The minimum absolute atomic E-state index is 0. The molecule has 0 N–H and O–H groups in total. The van der Waals surface area contributed by atoms with Crippen LogP contribution in [0.25, 0.3) is 0 Å². The van der Waals surface area contributed by atoms with Gasteiger partial charge in [0.25, 0.3) is 0 Å². The summed E-state index contributed by atoms with van der Waals surface area (Å²) in [6, 6.07) is 0.0967. The number of rotatable bonds is 21. The van der Waals surface area contributed by atoms with Crippen LogP contribution in [0.1, 0.15) is 123 Å². The molecule has 0 aromatic rings. The van der Waals surface area contributed by atoms with Crippen molar-refractivity contribution in [1.82, 2.24) is 0 Å². The van der Waals surface area contributed by atoms with E-state index in [0.29, 0.717) is 0 Å². The normalized spacial score (nSPS) is 12.4. The maximum absolute atomic E-state index is 12.3. The fourth-order valence-corrected chi connectivity index (χ4v) is 4.41. The van der Waals surface area contributed by atoms with Crippen molar-refractivity contribution < 1.29 is 26.3 Å². The van der Waals surface area contributed by atoms with Crippen LogP contribution in [0, 0.1) is 0 Å². The highest BCUT2D eigenvalue weighted by molar-refractivity contribution is 5.92. The Hall–Kier alpha value is -0.150. The summed E-state index contributed by atoms with van der Waals surface area (Å²) in [5.74, 6) is 0.226. The van der Waals surface area contributed by atoms with Crippen LogP contribution >= 0.6 is 0 Å². The van der Waals surface area contributed by atoms with Crippen molar-refractivity contribution >= 4 is 5.78 Å². The lowest BCUT2D eigenvalue weighted by Crippen LogP contribution is -3.00. The van der Waals surface area contributed by atoms with E-state index in [2.05, 4.69) is 34.5 Å². The molecule has 0 saturated carbocycles. The van der Waals surface area contributed by atoms with E-state index in [0.717, 1.165) is 23.9 Å². The van der Waals surface area contributed by atoms with Crippen LogP contribution in [0.5, 0.6) is 0 Å². The number of hydrogen-bond donors (Lipinski definition) is 0. The molecule has 0 heterocycles. The van der Waals surface area contributed by atoms with E-state index in [1.165, 1.54) is 102 Å². The summed E-state index contributed by atoms with van der Waals surface area (Å²) in [5, 5.41) is 0. The molecule has 174 valence electrons. The fourth-order valence-electron chi connectivity index (χ4n) is 4.41. The van der Waals surface area contributed by atoms with Gasteiger partial charge in [-0.25, -0.2) is 0 Å². The number of hydrogen-bond acceptors (Lipinski definition) is 1. The Labute approximate surface area is 194 Å². The average molecular weight is 475 g/mol. The zero-order valence-electron chi connectivity index (χ0n) is 20.3. The van der Waals surface area contributed by atoms with Crippen LogP contribution < -0.4 is 17.0 Å². The number of unbranched alkanes of at least 4 members (excludes halogenated alkanes) is 14. The average Bonchev–Trinajstić information content (AvgIpc) is 2.67. The molecule has 0 amide bonds. The number of carbonyl (C=O) groups is 1. The molecule has 0 radical (unpaired) electrons. The van der Waals surface area contributed by atoms with Gasteiger partial charge in [0.1, 0.15) is 0 Å². The van der Waals surface area contributed by atoms with Crippen molar-refractivity contribution in [3.8, 4) is 0 Å². The molecule has 0 fully saturated rings. The molecule has 1 atom stereocenters. The van der Waals surface area contributed by atoms with Gasteiger partial charge in [-0.2, -0.15) is 0 Å². The van der Waals surface area contributed by atoms with Crippen LogP contribution in [-0.2, 0) is 4.79 Å². The summed E-state index contributed by atoms with van der Waals surface area (Å²) in [4.78, 5) is 12.3. The molecule has 2 nitrogen and oxygen atoms in total. The predicted molar refractivity (Wildman–Crippen MR) is 126 cm³/mol. The summed E-state index contributed by atoms with van der Waals surface area (Å²) in [6.45, 7) is 9.26. The van der Waals surface area contributed by atoms with E-state index in [1.807, 2.05) is 0 Å². The Bertz CT molecular complexity index is 381. The van der Waals surface area contributed by atoms with E-state index >= 15 is 0 Å². The van der Waals surface area contributed by atoms with Gasteiger partial charge in [-0.15, -0.1) is 0 Å². The largest absolute Gasteiger partial charge is 1.00 e. The maximum atomic E-state index is 12.3. The molecule has 0 aliphatic rings. The van der Waals surface area contributed by atoms with Gasteiger partial charge in [0.05, 0.1) is 20.6 Å². The summed E-state index contributed by atoms with van der Waals surface area (Å²) < 4.78 is 0.806. The lowest BCUT2D eigenvalue weighted by atomic mass is 9.99. The first kappa shape index (κ1) is 31.0. The first-order valence-corrected chi connectivity index (χ1v) is 12.5. The van der Waals surface area contributed by atoms with Gasteiger partial charge in [-0.1, -0.05) is 110 Å². The summed E-state index contributed by atoms with van der Waals surface area (Å²) in [5.41, 5.74) is 0. The summed E-state index contributed by atoms with van der Waals surface area (Å²) in [6.07, 6.45) is 24.4. The second kappa shape index (κ2) is 21.1. The molecule has 29 heavy (non-hydrogen) atoms. The Morgan fingerprint density at radius 3 is 1.45 bits per heavy atom. The van der Waals surface area contributed by atoms with Crippen LogP contribution in [-0.4, -0.2) is 36.9 Å². The van der Waals surface area contributed by atoms with Gasteiger partial charge >= 0.3 is 0 Å². The van der Waals surface area contributed by atoms with Crippen molar-refractivity contribution in [1.29, 1.82) is 0 Å². The molecule has 1 unspecified atom stereocenters. The third-order valence-electron chi connectivity index (χ3n) is 6.25. The Morgan fingerprint density at radius 1 is 0.724 bits per heavy atom. The van der Waals surface area contributed by atoms with E-state index in [1.54, 1.807) is 0 Å². The van der Waals surface area contributed by atoms with Gasteiger partial charge in [0, 0.05) is 6.42 Å². The molecule has 0 spiro atoms. The lowest BCUT2D eigenvalue weighted by Gasteiger charge is -2.36. The molecule has 3 heteroatoms. The topological polar surface area (TPSA) is 17.1 Å². The highest BCUT2D eigenvalue weighted by Gasteiger charge is 2.31. The Balaban J connectivity index is 0. The first-order chi connectivity index (χ1) is 13.5. The Kier molecular flexibility index (Phi) is 22.6. The second-order valence-electron chi connectivity index (χ2n) is 9.36. The van der Waals surface area contributed by atoms with E-state index in [4.69, 9.17) is 0 Å². The second-order valence-corrected chi connectivity index (χ2v) is 9.36. The van der Waals surface area contributed by atoms with Crippen LogP contribution in [0.2, 0.25) is 0 Å². The zero-order chi connectivity index (χ0) is 21.1.